The van der Waals surface area contributed by atoms with Gasteiger partial charge in [0.05, 0.1) is 38.4 Å². The normalized spacial score (nSPS) is 21.2. The number of rotatable bonds is 11. The van der Waals surface area contributed by atoms with Crippen LogP contribution in [0.3, 0.4) is 0 Å². The van der Waals surface area contributed by atoms with E-state index in [2.05, 4.69) is 10.3 Å². The second-order valence-electron chi connectivity index (χ2n) is 23.1. The van der Waals surface area contributed by atoms with Crippen molar-refractivity contribution in [3.63, 3.8) is 0 Å². The van der Waals surface area contributed by atoms with Crippen molar-refractivity contribution in [3.05, 3.63) is 162 Å². The zero-order valence-corrected chi connectivity index (χ0v) is 51.6. The number of piperidine rings is 1. The highest BCUT2D eigenvalue weighted by Gasteiger charge is 2.43. The second kappa shape index (κ2) is 32.0. The number of ketones is 2. The number of aryl methyl sites for hydroxylation is 1. The highest BCUT2D eigenvalue weighted by Crippen LogP contribution is 2.33. The first-order valence-electron chi connectivity index (χ1n) is 29.8. The molecule has 0 spiro atoms. The maximum atomic E-state index is 15.0. The van der Waals surface area contributed by atoms with E-state index >= 15 is 0 Å². The number of benzene rings is 4. The van der Waals surface area contributed by atoms with Gasteiger partial charge < -0.3 is 53.7 Å². The minimum Gasteiger partial charge on any atom is -0.508 e. The lowest BCUT2D eigenvalue weighted by Crippen LogP contribution is -2.53. The molecule has 7 rings (SSSR count). The van der Waals surface area contributed by atoms with Gasteiger partial charge in [-0.15, -0.1) is 0 Å². The maximum absolute atomic E-state index is 15.0. The third-order valence-corrected chi connectivity index (χ3v) is 15.9. The predicted molar refractivity (Wildman–Crippen MR) is 328 cm³/mol. The lowest BCUT2D eigenvalue weighted by atomic mass is 9.87. The fraction of sp³-hybridized carbons (Fsp3) is 0.412. The van der Waals surface area contributed by atoms with Crippen molar-refractivity contribution in [1.29, 1.82) is 0 Å². The number of cyclic esters (lactones) is 2. The number of esters is 2. The number of nitrogens with zero attached hydrogens (tertiary/aromatic N) is 5. The van der Waals surface area contributed by atoms with Gasteiger partial charge in [-0.2, -0.15) is 0 Å². The molecule has 1 aromatic heterocycles. The molecule has 21 heteroatoms. The molecule has 5 amide bonds. The monoisotopic (exact) mass is 1220 g/mol. The highest BCUT2D eigenvalue weighted by molar-refractivity contribution is 6.38. The number of aromatic nitrogens is 1. The number of phenols is 1. The molecule has 2 aliphatic rings. The van der Waals surface area contributed by atoms with E-state index in [1.165, 1.54) is 92.4 Å². The predicted octanol–water partition coefficient (Wildman–Crippen LogP) is 6.41. The fourth-order valence-electron chi connectivity index (χ4n) is 10.7. The first-order valence-corrected chi connectivity index (χ1v) is 29.8. The third kappa shape index (κ3) is 19.0. The number of nitrogens with one attached hydrogen (secondary N) is 1. The molecule has 21 nitrogen and oxygen atoms in total. The van der Waals surface area contributed by atoms with E-state index in [0.29, 0.717) is 41.9 Å². The summed E-state index contributed by atoms with van der Waals surface area (Å²) in [6, 6.07) is 27.9. The molecular formula is C68H80N6O15. The van der Waals surface area contributed by atoms with Crippen molar-refractivity contribution in [1.82, 2.24) is 29.9 Å². The minimum atomic E-state index is -1.52. The SMILES string of the molecule is COc1ccc(CC[C@H]2OC(=O)[C@@H]3CCCCN3C(=O)C(=O)C(C)(C)COC(=O)C=CCCN(C)C(=O)[C@@H](Cc3ccccc3)NC(=O)CN(C)C(=O)[C@@H](Cc3ccccc3)CC(=O)[C@H](Cc3ccc(O)cc3)N(C)C(=O)COc3cncc2c3)cc1OC. The standard InChI is InChI=1S/C68H80N6O15/c1-68(2)44-88-62(79)23-15-16-32-71(3)65(82)53(35-46-20-12-9-13-21-46)70-60(77)42-72(4)64(81)49(34-45-18-10-8-11-19-45)39-56(76)55(36-47-24-28-51(75)29-25-47)73(5)61(78)43-87-52-38-50(40-69-41-52)57(30-26-48-27-31-58(85-6)59(37-48)86-7)89-67(84)54-22-14-17-33-74(54)66(83)63(68)80/h8-13,15,18-21,23-25,27-29,31,37-38,40-41,49,53-55,57,75H,14,16-17,22,26,30,32-36,39,42-44H2,1-7H3,(H,70,77)/t49-,53+,54-,55-,57+/m0/s1. The molecule has 2 aliphatic heterocycles. The van der Waals surface area contributed by atoms with Crippen LogP contribution in [0, 0.1) is 11.3 Å². The van der Waals surface area contributed by atoms with Gasteiger partial charge in [0.1, 0.15) is 36.3 Å². The van der Waals surface area contributed by atoms with Gasteiger partial charge in [0.2, 0.25) is 23.5 Å². The average Bonchev–Trinajstić information content (AvgIpc) is 3.59. The van der Waals surface area contributed by atoms with E-state index in [9.17, 15) is 48.3 Å². The van der Waals surface area contributed by atoms with Crippen LogP contribution in [0.25, 0.3) is 0 Å². The summed E-state index contributed by atoms with van der Waals surface area (Å²) in [6.07, 6.45) is 6.27. The zero-order valence-electron chi connectivity index (χ0n) is 51.6. The van der Waals surface area contributed by atoms with Gasteiger partial charge in [-0.25, -0.2) is 9.59 Å². The van der Waals surface area contributed by atoms with Gasteiger partial charge in [0.25, 0.3) is 11.8 Å². The number of carbonyl (C=O) groups is 9. The van der Waals surface area contributed by atoms with Gasteiger partial charge >= 0.3 is 11.9 Å². The third-order valence-electron chi connectivity index (χ3n) is 15.9. The summed E-state index contributed by atoms with van der Waals surface area (Å²) in [5.74, 6) is -6.08. The van der Waals surface area contributed by atoms with Crippen molar-refractivity contribution in [3.8, 4) is 23.0 Å². The topological polar surface area (TPSA) is 258 Å². The summed E-state index contributed by atoms with van der Waals surface area (Å²) < 4.78 is 28.9. The number of fused-ring (bicyclic) bond motifs is 3. The van der Waals surface area contributed by atoms with Crippen LogP contribution in [0.15, 0.2) is 134 Å². The number of hydrogen-bond donors (Lipinski definition) is 2. The van der Waals surface area contributed by atoms with Crippen LogP contribution >= 0.6 is 0 Å². The number of Topliss-reactive ketones (excluding diaryl/α,β-unsaturated/α-hetero) is 2. The molecule has 1 saturated heterocycles. The van der Waals surface area contributed by atoms with Crippen LogP contribution in [0.2, 0.25) is 0 Å². The van der Waals surface area contributed by atoms with Crippen LogP contribution < -0.4 is 19.5 Å². The Morgan fingerprint density at radius 1 is 0.708 bits per heavy atom. The number of likely N-dealkylation sites (N-methyl/N-ethyl adjacent to an activating group) is 3. The fourth-order valence-corrected chi connectivity index (χ4v) is 10.7. The number of ether oxygens (including phenoxy) is 5. The van der Waals surface area contributed by atoms with Crippen LogP contribution in [0.4, 0.5) is 0 Å². The Balaban J connectivity index is 1.21. The Kier molecular flexibility index (Phi) is 24.1. The van der Waals surface area contributed by atoms with Gasteiger partial charge in [0, 0.05) is 70.8 Å². The van der Waals surface area contributed by atoms with Crippen molar-refractivity contribution in [2.45, 2.75) is 102 Å². The van der Waals surface area contributed by atoms with E-state index in [1.807, 2.05) is 42.5 Å². The maximum Gasteiger partial charge on any atom is 0.330 e. The van der Waals surface area contributed by atoms with Gasteiger partial charge in [-0.3, -0.25) is 38.5 Å². The summed E-state index contributed by atoms with van der Waals surface area (Å²) in [7, 11) is 7.48. The number of hydrogen-bond acceptors (Lipinski definition) is 16. The number of phenolic OH excluding ortho intramolecular Hbond substituents is 1. The van der Waals surface area contributed by atoms with E-state index in [1.54, 1.807) is 61.6 Å². The van der Waals surface area contributed by atoms with E-state index in [0.717, 1.165) is 22.8 Å². The quantitative estimate of drug-likeness (QED) is 0.107. The summed E-state index contributed by atoms with van der Waals surface area (Å²) in [4.78, 5) is 138. The average molecular weight is 1220 g/mol. The highest BCUT2D eigenvalue weighted by atomic mass is 16.5. The molecule has 4 aromatic carbocycles. The molecule has 5 aromatic rings. The first kappa shape index (κ1) is 67.1. The lowest BCUT2D eigenvalue weighted by Gasteiger charge is -2.36. The molecule has 5 atom stereocenters. The molecular weight excluding hydrogens is 1140 g/mol. The molecule has 3 heterocycles. The number of methoxy groups -OCH3 is 2. The van der Waals surface area contributed by atoms with Crippen molar-refractivity contribution in [2.75, 3.05) is 68.2 Å². The number of amides is 5. The van der Waals surface area contributed by atoms with E-state index in [4.69, 9.17) is 23.7 Å². The zero-order chi connectivity index (χ0) is 64.2. The molecule has 89 heavy (non-hydrogen) atoms. The first-order chi connectivity index (χ1) is 42.6. The van der Waals surface area contributed by atoms with E-state index < -0.39 is 108 Å². The molecule has 0 radical (unpaired) electrons. The Hall–Kier alpha value is -9.40. The van der Waals surface area contributed by atoms with Crippen LogP contribution in [-0.2, 0) is 78.3 Å². The van der Waals surface area contributed by atoms with Crippen molar-refractivity contribution < 1.29 is 71.9 Å². The van der Waals surface area contributed by atoms with Crippen LogP contribution in [-0.4, -0.2) is 169 Å². The molecule has 1 fully saturated rings. The Bertz CT molecular complexity index is 3320. The summed E-state index contributed by atoms with van der Waals surface area (Å²) in [5.41, 5.74) is 1.75. The lowest BCUT2D eigenvalue weighted by molar-refractivity contribution is -0.165. The minimum absolute atomic E-state index is 0.0121. The van der Waals surface area contributed by atoms with Gasteiger partial charge in [-0.05, 0) is 118 Å². The molecule has 2 N–H and O–H groups in total. The number of carbonyl (C=O) groups excluding carboxylic acids is 9. The Morgan fingerprint density at radius 2 is 1.37 bits per heavy atom. The van der Waals surface area contributed by atoms with Crippen molar-refractivity contribution >= 4 is 53.0 Å². The molecule has 0 saturated carbocycles. The summed E-state index contributed by atoms with van der Waals surface area (Å²) in [5, 5.41) is 13.0. The molecule has 0 unspecified atom stereocenters. The molecule has 472 valence electrons. The van der Waals surface area contributed by atoms with Crippen molar-refractivity contribution in [2.24, 2.45) is 11.3 Å². The van der Waals surface area contributed by atoms with E-state index in [-0.39, 0.29) is 69.5 Å². The largest absolute Gasteiger partial charge is 0.508 e. The van der Waals surface area contributed by atoms with Gasteiger partial charge in [-0.1, -0.05) is 84.9 Å². The second-order valence-corrected chi connectivity index (χ2v) is 23.1. The summed E-state index contributed by atoms with van der Waals surface area (Å²) in [6.45, 7) is 1.57. The Labute approximate surface area is 519 Å². The van der Waals surface area contributed by atoms with Crippen LogP contribution in [0.5, 0.6) is 23.0 Å². The smallest absolute Gasteiger partial charge is 0.330 e. The van der Waals surface area contributed by atoms with Gasteiger partial charge in [0.15, 0.2) is 23.9 Å². The Morgan fingerprint density at radius 3 is 2.06 bits per heavy atom. The number of aromatic hydroxyl groups is 1. The molecule has 0 aliphatic carbocycles. The number of pyridine rings is 1. The summed E-state index contributed by atoms with van der Waals surface area (Å²) >= 11 is 0. The molecule has 2 bridgehead atoms. The van der Waals surface area contributed by atoms with Crippen LogP contribution in [0.1, 0.15) is 86.3 Å².